The van der Waals surface area contributed by atoms with Crippen molar-refractivity contribution in [1.29, 1.82) is 0 Å². The molecule has 0 amide bonds. The van der Waals surface area contributed by atoms with Crippen LogP contribution in [0.1, 0.15) is 34.3 Å². The van der Waals surface area contributed by atoms with Crippen molar-refractivity contribution < 1.29 is 4.79 Å². The van der Waals surface area contributed by atoms with Crippen LogP contribution in [0.25, 0.3) is 0 Å². The maximum Gasteiger partial charge on any atom is 0.166 e. The number of Topliss-reactive ketones (excluding diaryl/α,β-unsaturated/α-hetero) is 1. The van der Waals surface area contributed by atoms with Gasteiger partial charge in [-0.25, -0.2) is 0 Å². The number of aryl methyl sites for hydroxylation is 1. The van der Waals surface area contributed by atoms with Crippen molar-refractivity contribution >= 4 is 29.0 Å². The Morgan fingerprint density at radius 2 is 1.86 bits per heavy atom. The molecule has 0 N–H and O–H groups in total. The van der Waals surface area contributed by atoms with Gasteiger partial charge < -0.3 is 0 Å². The minimum Gasteiger partial charge on any atom is -0.294 e. The van der Waals surface area contributed by atoms with Crippen LogP contribution in [0.2, 0.25) is 10.0 Å². The number of benzene rings is 2. The number of carbonyl (C=O) groups excluding carboxylic acids is 1. The van der Waals surface area contributed by atoms with Crippen molar-refractivity contribution in [3.05, 3.63) is 69.2 Å². The first-order chi connectivity index (χ1) is 10.2. The summed E-state index contributed by atoms with van der Waals surface area (Å²) < 4.78 is 0. The summed E-state index contributed by atoms with van der Waals surface area (Å²) in [7, 11) is 0. The molecule has 0 saturated heterocycles. The zero-order chi connectivity index (χ0) is 14.8. The Kier molecular flexibility index (Phi) is 4.32. The first kappa shape index (κ1) is 14.6. The Bertz CT molecular complexity index is 679. The summed E-state index contributed by atoms with van der Waals surface area (Å²) in [6.45, 7) is 0. The predicted octanol–water partition coefficient (Wildman–Crippen LogP) is 5.37. The highest BCUT2D eigenvalue weighted by molar-refractivity contribution is 6.42. The van der Waals surface area contributed by atoms with Crippen LogP contribution >= 0.6 is 23.2 Å². The normalized spacial score (nSPS) is 18.2. The summed E-state index contributed by atoms with van der Waals surface area (Å²) in [4.78, 5) is 12.8. The van der Waals surface area contributed by atoms with E-state index in [1.54, 1.807) is 6.07 Å². The summed E-state index contributed by atoms with van der Waals surface area (Å²) in [6.07, 6.45) is 3.57. The molecule has 1 aliphatic carbocycles. The summed E-state index contributed by atoms with van der Waals surface area (Å²) >= 11 is 12.3. The van der Waals surface area contributed by atoms with Gasteiger partial charge in [0.1, 0.15) is 0 Å². The van der Waals surface area contributed by atoms with Gasteiger partial charge >= 0.3 is 0 Å². The number of hydrogen-bond acceptors (Lipinski definition) is 1. The molecule has 0 aliphatic heterocycles. The molecular weight excluding hydrogens is 303 g/mol. The molecule has 1 aliphatic rings. The second kappa shape index (κ2) is 6.21. The second-order valence-electron chi connectivity index (χ2n) is 5.53. The van der Waals surface area contributed by atoms with Gasteiger partial charge in [0.15, 0.2) is 5.78 Å². The standard InChI is InChI=1S/C18H16Cl2O/c19-16-10-4-7-13(17(16)20)11-14-8-3-6-12-5-1-2-9-15(12)18(14)21/h1-2,4-5,7,9-10,14H,3,6,8,11H2. The third kappa shape index (κ3) is 3.00. The van der Waals surface area contributed by atoms with Crippen molar-refractivity contribution in [2.45, 2.75) is 25.7 Å². The van der Waals surface area contributed by atoms with Gasteiger partial charge in [-0.15, -0.1) is 0 Å². The van der Waals surface area contributed by atoms with Gasteiger partial charge in [0.25, 0.3) is 0 Å². The summed E-state index contributed by atoms with van der Waals surface area (Å²) in [5, 5.41) is 1.13. The minimum atomic E-state index is -0.00961. The number of hydrogen-bond donors (Lipinski definition) is 0. The molecule has 2 aromatic carbocycles. The van der Waals surface area contributed by atoms with E-state index in [1.165, 1.54) is 5.56 Å². The summed E-state index contributed by atoms with van der Waals surface area (Å²) in [5.74, 6) is 0.226. The zero-order valence-corrected chi connectivity index (χ0v) is 13.1. The molecule has 0 radical (unpaired) electrons. The molecule has 1 unspecified atom stereocenters. The van der Waals surface area contributed by atoms with Crippen LogP contribution < -0.4 is 0 Å². The first-order valence-electron chi connectivity index (χ1n) is 7.22. The van der Waals surface area contributed by atoms with Crippen LogP contribution in [0.15, 0.2) is 42.5 Å². The Morgan fingerprint density at radius 3 is 2.71 bits per heavy atom. The highest BCUT2D eigenvalue weighted by atomic mass is 35.5. The van der Waals surface area contributed by atoms with E-state index in [-0.39, 0.29) is 11.7 Å². The Labute approximate surface area is 134 Å². The molecule has 0 heterocycles. The number of rotatable bonds is 2. The molecule has 0 aromatic heterocycles. The Morgan fingerprint density at radius 1 is 1.05 bits per heavy atom. The van der Waals surface area contributed by atoms with Crippen molar-refractivity contribution in [3.63, 3.8) is 0 Å². The van der Waals surface area contributed by atoms with Gasteiger partial charge in [0.2, 0.25) is 0 Å². The van der Waals surface area contributed by atoms with E-state index in [1.807, 2.05) is 30.3 Å². The molecule has 2 aromatic rings. The number of carbonyl (C=O) groups is 1. The van der Waals surface area contributed by atoms with E-state index in [9.17, 15) is 4.79 Å². The lowest BCUT2D eigenvalue weighted by molar-refractivity contribution is 0.0915. The van der Waals surface area contributed by atoms with Gasteiger partial charge in [-0.3, -0.25) is 4.79 Å². The van der Waals surface area contributed by atoms with E-state index in [0.29, 0.717) is 16.5 Å². The number of ketones is 1. The fourth-order valence-corrected chi connectivity index (χ4v) is 3.43. The third-order valence-corrected chi connectivity index (χ3v) is 5.01. The molecule has 0 fully saturated rings. The molecule has 21 heavy (non-hydrogen) atoms. The highest BCUT2D eigenvalue weighted by Gasteiger charge is 2.26. The quantitative estimate of drug-likeness (QED) is 0.680. The van der Waals surface area contributed by atoms with Gasteiger partial charge in [0.05, 0.1) is 10.0 Å². The van der Waals surface area contributed by atoms with Crippen molar-refractivity contribution in [2.75, 3.05) is 0 Å². The van der Waals surface area contributed by atoms with Crippen molar-refractivity contribution in [1.82, 2.24) is 0 Å². The van der Waals surface area contributed by atoms with Crippen LogP contribution in [0, 0.1) is 5.92 Å². The van der Waals surface area contributed by atoms with Gasteiger partial charge in [-0.05, 0) is 42.9 Å². The second-order valence-corrected chi connectivity index (χ2v) is 6.31. The Hall–Kier alpha value is -1.31. The van der Waals surface area contributed by atoms with Crippen molar-refractivity contribution in [2.24, 2.45) is 5.92 Å². The lowest BCUT2D eigenvalue weighted by Crippen LogP contribution is -2.17. The summed E-state index contributed by atoms with van der Waals surface area (Å²) in [5.41, 5.74) is 3.00. The molecule has 0 spiro atoms. The monoisotopic (exact) mass is 318 g/mol. The van der Waals surface area contributed by atoms with Gasteiger partial charge in [0, 0.05) is 11.5 Å². The first-order valence-corrected chi connectivity index (χ1v) is 7.97. The maximum absolute atomic E-state index is 12.8. The van der Waals surface area contributed by atoms with E-state index in [4.69, 9.17) is 23.2 Å². The number of halogens is 2. The molecule has 3 heteroatoms. The maximum atomic E-state index is 12.8. The van der Waals surface area contributed by atoms with Crippen LogP contribution in [-0.2, 0) is 12.8 Å². The zero-order valence-electron chi connectivity index (χ0n) is 11.6. The van der Waals surface area contributed by atoms with E-state index >= 15 is 0 Å². The van der Waals surface area contributed by atoms with E-state index in [2.05, 4.69) is 6.07 Å². The molecule has 3 rings (SSSR count). The van der Waals surface area contributed by atoms with Gasteiger partial charge in [-0.1, -0.05) is 59.6 Å². The van der Waals surface area contributed by atoms with Gasteiger partial charge in [-0.2, -0.15) is 0 Å². The van der Waals surface area contributed by atoms with E-state index < -0.39 is 0 Å². The minimum absolute atomic E-state index is 0.00961. The average Bonchev–Trinajstić information content (AvgIpc) is 2.65. The molecule has 0 saturated carbocycles. The molecular formula is C18H16Cl2O. The highest BCUT2D eigenvalue weighted by Crippen LogP contribution is 2.31. The fraction of sp³-hybridized carbons (Fsp3) is 0.278. The lowest BCUT2D eigenvalue weighted by atomic mass is 9.89. The van der Waals surface area contributed by atoms with Crippen LogP contribution in [-0.4, -0.2) is 5.78 Å². The lowest BCUT2D eigenvalue weighted by Gasteiger charge is -2.15. The predicted molar refractivity (Wildman–Crippen MR) is 87.4 cm³/mol. The SMILES string of the molecule is O=C1c2ccccc2CCCC1Cc1cccc(Cl)c1Cl. The topological polar surface area (TPSA) is 17.1 Å². The Balaban J connectivity index is 1.90. The third-order valence-electron chi connectivity index (χ3n) is 4.15. The average molecular weight is 319 g/mol. The fourth-order valence-electron chi connectivity index (χ4n) is 3.03. The molecule has 1 nitrogen and oxygen atoms in total. The molecule has 1 atom stereocenters. The van der Waals surface area contributed by atoms with Crippen LogP contribution in [0.4, 0.5) is 0 Å². The van der Waals surface area contributed by atoms with Crippen LogP contribution in [0.3, 0.4) is 0 Å². The molecule has 0 bridgehead atoms. The summed E-state index contributed by atoms with van der Waals surface area (Å²) in [6, 6.07) is 13.6. The smallest absolute Gasteiger partial charge is 0.166 e. The van der Waals surface area contributed by atoms with Crippen LogP contribution in [0.5, 0.6) is 0 Å². The van der Waals surface area contributed by atoms with E-state index in [0.717, 1.165) is 30.4 Å². The number of fused-ring (bicyclic) bond motifs is 1. The molecule has 108 valence electrons. The largest absolute Gasteiger partial charge is 0.294 e. The van der Waals surface area contributed by atoms with Crippen molar-refractivity contribution in [3.8, 4) is 0 Å².